The Morgan fingerprint density at radius 2 is 2.00 bits per heavy atom. The lowest BCUT2D eigenvalue weighted by Gasteiger charge is -2.22. The normalized spacial score (nSPS) is 17.4. The van der Waals surface area contributed by atoms with E-state index in [1.807, 2.05) is 48.5 Å². The second-order valence-electron chi connectivity index (χ2n) is 4.63. The van der Waals surface area contributed by atoms with Gasteiger partial charge in [-0.15, -0.1) is 0 Å². The van der Waals surface area contributed by atoms with Gasteiger partial charge in [0.25, 0.3) is 0 Å². The Morgan fingerprint density at radius 3 is 2.84 bits per heavy atom. The van der Waals surface area contributed by atoms with E-state index in [9.17, 15) is 5.11 Å². The lowest BCUT2D eigenvalue weighted by molar-refractivity contribution is 0.115. The largest absolute Gasteiger partial charge is 0.493 e. The van der Waals surface area contributed by atoms with Gasteiger partial charge in [-0.05, 0) is 17.7 Å². The highest BCUT2D eigenvalue weighted by molar-refractivity contribution is 5.43. The van der Waals surface area contributed by atoms with E-state index in [4.69, 9.17) is 9.47 Å². The lowest BCUT2D eigenvalue weighted by Crippen LogP contribution is -2.13. The summed E-state index contributed by atoms with van der Waals surface area (Å²) in [5, 5.41) is 9.84. The van der Waals surface area contributed by atoms with Crippen molar-refractivity contribution in [2.45, 2.75) is 19.1 Å². The van der Waals surface area contributed by atoms with Crippen molar-refractivity contribution < 1.29 is 14.6 Å². The van der Waals surface area contributed by atoms with Crippen molar-refractivity contribution in [3.8, 4) is 11.5 Å². The fourth-order valence-corrected chi connectivity index (χ4v) is 2.18. The predicted molar refractivity (Wildman–Crippen MR) is 72.3 cm³/mol. The van der Waals surface area contributed by atoms with Crippen molar-refractivity contribution in [1.29, 1.82) is 0 Å². The maximum absolute atomic E-state index is 9.84. The molecule has 3 nitrogen and oxygen atoms in total. The van der Waals surface area contributed by atoms with E-state index < -0.39 is 6.10 Å². The molecule has 1 atom stereocenters. The van der Waals surface area contributed by atoms with Crippen LogP contribution in [0.2, 0.25) is 0 Å². The topological polar surface area (TPSA) is 38.7 Å². The third-order valence-corrected chi connectivity index (χ3v) is 3.24. The summed E-state index contributed by atoms with van der Waals surface area (Å²) in [6.45, 7) is 1.08. The number of aliphatic hydroxyl groups excluding tert-OH is 1. The van der Waals surface area contributed by atoms with Gasteiger partial charge in [0.2, 0.25) is 0 Å². The zero-order valence-corrected chi connectivity index (χ0v) is 10.6. The maximum atomic E-state index is 9.84. The number of benzene rings is 2. The smallest absolute Gasteiger partial charge is 0.128 e. The van der Waals surface area contributed by atoms with Crippen molar-refractivity contribution in [3.63, 3.8) is 0 Å². The van der Waals surface area contributed by atoms with E-state index in [0.29, 0.717) is 19.6 Å². The summed E-state index contributed by atoms with van der Waals surface area (Å²) in [7, 11) is 0. The summed E-state index contributed by atoms with van der Waals surface area (Å²) in [6, 6.07) is 15.6. The minimum Gasteiger partial charge on any atom is -0.493 e. The van der Waals surface area contributed by atoms with Gasteiger partial charge < -0.3 is 14.6 Å². The van der Waals surface area contributed by atoms with Gasteiger partial charge in [0, 0.05) is 18.1 Å². The zero-order valence-electron chi connectivity index (χ0n) is 10.6. The van der Waals surface area contributed by atoms with E-state index >= 15 is 0 Å². The summed E-state index contributed by atoms with van der Waals surface area (Å²) in [6.07, 6.45) is 0.226. The summed E-state index contributed by atoms with van der Waals surface area (Å²) >= 11 is 0. The van der Waals surface area contributed by atoms with Crippen LogP contribution in [-0.2, 0) is 6.61 Å². The average Bonchev–Trinajstić information content (AvgIpc) is 2.46. The van der Waals surface area contributed by atoms with Gasteiger partial charge in [-0.1, -0.05) is 30.3 Å². The average molecular weight is 256 g/mol. The molecule has 0 unspecified atom stereocenters. The standard InChI is InChI=1S/C16H16O3/c17-15-8-9-18-16-10-13(6-7-14(15)16)19-11-12-4-2-1-3-5-12/h1-7,10,15,17H,8-9,11H2/t15-/m1/s1. The van der Waals surface area contributed by atoms with Crippen LogP contribution in [0.1, 0.15) is 23.7 Å². The molecule has 0 saturated heterocycles. The molecule has 1 heterocycles. The second-order valence-corrected chi connectivity index (χ2v) is 4.63. The lowest BCUT2D eigenvalue weighted by atomic mass is 10.0. The molecule has 2 aromatic rings. The van der Waals surface area contributed by atoms with Crippen molar-refractivity contribution in [2.75, 3.05) is 6.61 Å². The number of rotatable bonds is 3. The Labute approximate surface area is 112 Å². The first kappa shape index (κ1) is 12.1. The minimum atomic E-state index is -0.424. The molecule has 0 aliphatic carbocycles. The van der Waals surface area contributed by atoms with Crippen molar-refractivity contribution in [2.24, 2.45) is 0 Å². The second kappa shape index (κ2) is 5.33. The monoisotopic (exact) mass is 256 g/mol. The number of hydrogen-bond acceptors (Lipinski definition) is 3. The SMILES string of the molecule is O[C@@H]1CCOc2cc(OCc3ccccc3)ccc21. The molecule has 1 N–H and O–H groups in total. The summed E-state index contributed by atoms with van der Waals surface area (Å²) < 4.78 is 11.3. The molecule has 0 bridgehead atoms. The van der Waals surface area contributed by atoms with Crippen LogP contribution in [0.5, 0.6) is 11.5 Å². The highest BCUT2D eigenvalue weighted by Crippen LogP contribution is 2.34. The van der Waals surface area contributed by atoms with Crippen LogP contribution in [0.25, 0.3) is 0 Å². The molecular formula is C16H16O3. The highest BCUT2D eigenvalue weighted by atomic mass is 16.5. The molecule has 0 aromatic heterocycles. The molecule has 0 fully saturated rings. The van der Waals surface area contributed by atoms with Gasteiger partial charge in [0.15, 0.2) is 0 Å². The molecule has 3 heteroatoms. The van der Waals surface area contributed by atoms with Gasteiger partial charge in [-0.25, -0.2) is 0 Å². The molecule has 1 aliphatic rings. The fourth-order valence-electron chi connectivity index (χ4n) is 2.18. The van der Waals surface area contributed by atoms with Gasteiger partial charge in [0.05, 0.1) is 12.7 Å². The van der Waals surface area contributed by atoms with E-state index in [0.717, 1.165) is 22.6 Å². The van der Waals surface area contributed by atoms with E-state index in [1.54, 1.807) is 0 Å². The number of fused-ring (bicyclic) bond motifs is 1. The quantitative estimate of drug-likeness (QED) is 0.917. The van der Waals surface area contributed by atoms with Crippen LogP contribution in [0.3, 0.4) is 0 Å². The predicted octanol–water partition coefficient (Wildman–Crippen LogP) is 3.08. The Balaban J connectivity index is 1.72. The molecule has 3 rings (SSSR count). The Bertz CT molecular complexity index is 551. The summed E-state index contributed by atoms with van der Waals surface area (Å²) in [5.41, 5.74) is 1.97. The third kappa shape index (κ3) is 2.71. The number of ether oxygens (including phenoxy) is 2. The minimum absolute atomic E-state index is 0.424. The molecular weight excluding hydrogens is 240 g/mol. The summed E-state index contributed by atoms with van der Waals surface area (Å²) in [4.78, 5) is 0. The first-order valence-electron chi connectivity index (χ1n) is 6.44. The van der Waals surface area contributed by atoms with Crippen LogP contribution < -0.4 is 9.47 Å². The zero-order chi connectivity index (χ0) is 13.1. The van der Waals surface area contributed by atoms with E-state index in [-0.39, 0.29) is 0 Å². The van der Waals surface area contributed by atoms with Crippen molar-refractivity contribution in [1.82, 2.24) is 0 Å². The highest BCUT2D eigenvalue weighted by Gasteiger charge is 2.19. The van der Waals surface area contributed by atoms with Crippen LogP contribution in [0.15, 0.2) is 48.5 Å². The molecule has 2 aromatic carbocycles. The maximum Gasteiger partial charge on any atom is 0.128 e. The molecule has 0 spiro atoms. The Hall–Kier alpha value is -2.00. The fraction of sp³-hybridized carbons (Fsp3) is 0.250. The Kier molecular flexibility index (Phi) is 3.38. The molecule has 0 radical (unpaired) electrons. The number of aliphatic hydroxyl groups is 1. The third-order valence-electron chi connectivity index (χ3n) is 3.24. The van der Waals surface area contributed by atoms with Gasteiger partial charge in [-0.3, -0.25) is 0 Å². The van der Waals surface area contributed by atoms with Crippen LogP contribution >= 0.6 is 0 Å². The first-order chi connectivity index (χ1) is 9.33. The van der Waals surface area contributed by atoms with E-state index in [1.165, 1.54) is 0 Å². The molecule has 0 amide bonds. The van der Waals surface area contributed by atoms with Gasteiger partial charge in [0.1, 0.15) is 18.1 Å². The van der Waals surface area contributed by atoms with Gasteiger partial charge in [-0.2, -0.15) is 0 Å². The molecule has 1 aliphatic heterocycles. The molecule has 0 saturated carbocycles. The first-order valence-corrected chi connectivity index (χ1v) is 6.44. The van der Waals surface area contributed by atoms with E-state index in [2.05, 4.69) is 0 Å². The van der Waals surface area contributed by atoms with Gasteiger partial charge >= 0.3 is 0 Å². The van der Waals surface area contributed by atoms with Crippen LogP contribution in [0.4, 0.5) is 0 Å². The number of hydrogen-bond donors (Lipinski definition) is 1. The van der Waals surface area contributed by atoms with Crippen molar-refractivity contribution >= 4 is 0 Å². The van der Waals surface area contributed by atoms with Crippen LogP contribution in [0, 0.1) is 0 Å². The molecule has 98 valence electrons. The molecule has 19 heavy (non-hydrogen) atoms. The Morgan fingerprint density at radius 1 is 1.16 bits per heavy atom. The van der Waals surface area contributed by atoms with Crippen LogP contribution in [-0.4, -0.2) is 11.7 Å². The summed E-state index contributed by atoms with van der Waals surface area (Å²) in [5.74, 6) is 1.49. The van der Waals surface area contributed by atoms with Crippen molar-refractivity contribution in [3.05, 3.63) is 59.7 Å².